The van der Waals surface area contributed by atoms with Gasteiger partial charge in [0.05, 0.1) is 6.54 Å². The predicted molar refractivity (Wildman–Crippen MR) is 83.0 cm³/mol. The molecule has 0 saturated heterocycles. The second kappa shape index (κ2) is 6.86. The maximum Gasteiger partial charge on any atom is 0.225 e. The van der Waals surface area contributed by atoms with Gasteiger partial charge in [0.1, 0.15) is 0 Å². The number of carbonyl (C=O) groups is 1. The number of nitrogens with two attached hydrogens (primary N) is 1. The minimum atomic E-state index is 0.205. The first-order valence-corrected chi connectivity index (χ1v) is 8.45. The maximum atomic E-state index is 12.4. The average Bonchev–Trinajstić information content (AvgIpc) is 2.83. The molecule has 1 aromatic rings. The van der Waals surface area contributed by atoms with Crippen molar-refractivity contribution in [2.75, 3.05) is 13.6 Å². The van der Waals surface area contributed by atoms with E-state index in [1.165, 1.54) is 4.88 Å². The van der Waals surface area contributed by atoms with Crippen molar-refractivity contribution in [3.63, 3.8) is 0 Å². The Labute approximate surface area is 127 Å². The molecule has 1 aliphatic carbocycles. The summed E-state index contributed by atoms with van der Waals surface area (Å²) >= 11 is 5.13. The number of halogens is 1. The normalized spacial score (nSPS) is 23.3. The van der Waals surface area contributed by atoms with Crippen molar-refractivity contribution in [3.8, 4) is 0 Å². The molecule has 1 amide bonds. The van der Waals surface area contributed by atoms with Crippen LogP contribution in [0.2, 0.25) is 0 Å². The number of rotatable bonds is 4. The van der Waals surface area contributed by atoms with Crippen molar-refractivity contribution >= 4 is 33.2 Å². The van der Waals surface area contributed by atoms with E-state index in [1.807, 2.05) is 11.9 Å². The highest BCUT2D eigenvalue weighted by Gasteiger charge is 2.27. The predicted octanol–water partition coefficient (Wildman–Crippen LogP) is 3.23. The summed E-state index contributed by atoms with van der Waals surface area (Å²) in [5.41, 5.74) is 5.69. The van der Waals surface area contributed by atoms with Crippen LogP contribution in [-0.2, 0) is 11.3 Å². The number of carbonyl (C=O) groups excluding carboxylic acids is 1. The molecule has 1 aromatic heterocycles. The molecule has 0 spiro atoms. The monoisotopic (exact) mass is 344 g/mol. The van der Waals surface area contributed by atoms with Crippen molar-refractivity contribution in [2.45, 2.75) is 32.2 Å². The quantitative estimate of drug-likeness (QED) is 0.911. The van der Waals surface area contributed by atoms with Gasteiger partial charge in [-0.25, -0.2) is 0 Å². The molecular weight excluding hydrogens is 324 g/mol. The third kappa shape index (κ3) is 4.04. The zero-order valence-corrected chi connectivity index (χ0v) is 13.7. The Kier molecular flexibility index (Phi) is 5.42. The van der Waals surface area contributed by atoms with Crippen LogP contribution < -0.4 is 5.73 Å². The fourth-order valence-corrected chi connectivity index (χ4v) is 4.21. The van der Waals surface area contributed by atoms with Gasteiger partial charge in [0.25, 0.3) is 0 Å². The Morgan fingerprint density at radius 2 is 2.16 bits per heavy atom. The molecular formula is C14H21BrN2OS. The smallest absolute Gasteiger partial charge is 0.225 e. The zero-order chi connectivity index (χ0) is 13.8. The van der Waals surface area contributed by atoms with E-state index in [1.54, 1.807) is 11.3 Å². The van der Waals surface area contributed by atoms with Crippen LogP contribution in [0.5, 0.6) is 0 Å². The summed E-state index contributed by atoms with van der Waals surface area (Å²) in [4.78, 5) is 15.5. The highest BCUT2D eigenvalue weighted by molar-refractivity contribution is 9.10. The fourth-order valence-electron chi connectivity index (χ4n) is 2.71. The third-order valence-corrected chi connectivity index (χ3v) is 5.60. The first-order valence-electron chi connectivity index (χ1n) is 6.78. The van der Waals surface area contributed by atoms with Gasteiger partial charge in [-0.15, -0.1) is 11.3 Å². The molecule has 5 heteroatoms. The van der Waals surface area contributed by atoms with Crippen LogP contribution in [0.4, 0.5) is 0 Å². The molecule has 0 atom stereocenters. The summed E-state index contributed by atoms with van der Waals surface area (Å²) in [7, 11) is 1.91. The highest BCUT2D eigenvalue weighted by atomic mass is 79.9. The van der Waals surface area contributed by atoms with Gasteiger partial charge in [0.2, 0.25) is 5.91 Å². The second-order valence-electron chi connectivity index (χ2n) is 5.38. The van der Waals surface area contributed by atoms with Crippen LogP contribution in [0.15, 0.2) is 15.9 Å². The van der Waals surface area contributed by atoms with Gasteiger partial charge in [0, 0.05) is 27.7 Å². The Morgan fingerprint density at radius 1 is 1.47 bits per heavy atom. The van der Waals surface area contributed by atoms with Gasteiger partial charge in [-0.2, -0.15) is 0 Å². The lowest BCUT2D eigenvalue weighted by Gasteiger charge is -2.29. The molecule has 1 fully saturated rings. The van der Waals surface area contributed by atoms with Gasteiger partial charge >= 0.3 is 0 Å². The molecule has 0 radical (unpaired) electrons. The zero-order valence-electron chi connectivity index (χ0n) is 11.3. The van der Waals surface area contributed by atoms with Crippen molar-refractivity contribution in [1.29, 1.82) is 0 Å². The van der Waals surface area contributed by atoms with Crippen LogP contribution in [0.3, 0.4) is 0 Å². The van der Waals surface area contributed by atoms with Gasteiger partial charge in [-0.3, -0.25) is 4.79 Å². The molecule has 2 N–H and O–H groups in total. The molecule has 0 unspecified atom stereocenters. The van der Waals surface area contributed by atoms with Crippen molar-refractivity contribution in [3.05, 3.63) is 20.8 Å². The minimum Gasteiger partial charge on any atom is -0.340 e. The first-order chi connectivity index (χ1) is 9.10. The van der Waals surface area contributed by atoms with E-state index >= 15 is 0 Å². The third-order valence-electron chi connectivity index (χ3n) is 3.92. The molecule has 0 aromatic carbocycles. The van der Waals surface area contributed by atoms with E-state index in [9.17, 15) is 4.79 Å². The molecule has 1 heterocycles. The van der Waals surface area contributed by atoms with Crippen LogP contribution >= 0.6 is 27.3 Å². The SMILES string of the molecule is CN(Cc1cc(Br)cs1)C(=O)C1CCC(CN)CC1. The largest absolute Gasteiger partial charge is 0.340 e. The van der Waals surface area contributed by atoms with Crippen LogP contribution in [0.1, 0.15) is 30.6 Å². The minimum absolute atomic E-state index is 0.205. The maximum absolute atomic E-state index is 12.4. The standard InChI is InChI=1S/C14H21BrN2OS/c1-17(8-13-6-12(15)9-19-13)14(18)11-4-2-10(7-16)3-5-11/h6,9-11H,2-5,7-8,16H2,1H3. The van der Waals surface area contributed by atoms with Crippen LogP contribution in [0.25, 0.3) is 0 Å². The molecule has 0 aliphatic heterocycles. The fraction of sp³-hybridized carbons (Fsp3) is 0.643. The summed E-state index contributed by atoms with van der Waals surface area (Å²) in [5.74, 6) is 1.12. The molecule has 106 valence electrons. The van der Waals surface area contributed by atoms with E-state index in [4.69, 9.17) is 5.73 Å². The molecule has 19 heavy (non-hydrogen) atoms. The summed E-state index contributed by atoms with van der Waals surface area (Å²) in [6.07, 6.45) is 4.20. The van der Waals surface area contributed by atoms with Crippen LogP contribution in [-0.4, -0.2) is 24.4 Å². The Morgan fingerprint density at radius 3 is 2.68 bits per heavy atom. The molecule has 2 rings (SSSR count). The number of amides is 1. The van der Waals surface area contributed by atoms with E-state index in [2.05, 4.69) is 27.4 Å². The lowest BCUT2D eigenvalue weighted by molar-refractivity contribution is -0.136. The summed E-state index contributed by atoms with van der Waals surface area (Å²) < 4.78 is 1.09. The molecule has 1 saturated carbocycles. The van der Waals surface area contributed by atoms with Crippen molar-refractivity contribution < 1.29 is 4.79 Å². The van der Waals surface area contributed by atoms with Crippen molar-refractivity contribution in [2.24, 2.45) is 17.6 Å². The first kappa shape index (κ1) is 15.0. The number of hydrogen-bond acceptors (Lipinski definition) is 3. The second-order valence-corrected chi connectivity index (χ2v) is 7.29. The van der Waals surface area contributed by atoms with E-state index in [0.29, 0.717) is 18.4 Å². The van der Waals surface area contributed by atoms with Gasteiger partial charge in [-0.05, 0) is 60.1 Å². The highest BCUT2D eigenvalue weighted by Crippen LogP contribution is 2.30. The lowest BCUT2D eigenvalue weighted by Crippen LogP contribution is -2.35. The summed E-state index contributed by atoms with van der Waals surface area (Å²) in [6, 6.07) is 2.08. The summed E-state index contributed by atoms with van der Waals surface area (Å²) in [5, 5.41) is 2.06. The van der Waals surface area contributed by atoms with Crippen molar-refractivity contribution in [1.82, 2.24) is 4.90 Å². The Bertz CT molecular complexity index is 427. The van der Waals surface area contributed by atoms with Gasteiger partial charge in [0.15, 0.2) is 0 Å². The molecule has 0 bridgehead atoms. The Balaban J connectivity index is 1.85. The molecule has 1 aliphatic rings. The number of nitrogens with zero attached hydrogens (tertiary/aromatic N) is 1. The Hall–Kier alpha value is -0.390. The van der Waals surface area contributed by atoms with E-state index in [0.717, 1.165) is 36.7 Å². The summed E-state index contributed by atoms with van der Waals surface area (Å²) in [6.45, 7) is 1.48. The van der Waals surface area contributed by atoms with Crippen LogP contribution in [0, 0.1) is 11.8 Å². The van der Waals surface area contributed by atoms with E-state index in [-0.39, 0.29) is 5.92 Å². The van der Waals surface area contributed by atoms with Gasteiger partial charge in [-0.1, -0.05) is 0 Å². The van der Waals surface area contributed by atoms with E-state index < -0.39 is 0 Å². The molecule has 3 nitrogen and oxygen atoms in total. The topological polar surface area (TPSA) is 46.3 Å². The number of thiophene rings is 1. The number of hydrogen-bond donors (Lipinski definition) is 1. The van der Waals surface area contributed by atoms with Gasteiger partial charge < -0.3 is 10.6 Å². The lowest BCUT2D eigenvalue weighted by atomic mass is 9.81. The average molecular weight is 345 g/mol.